The first-order valence-electron chi connectivity index (χ1n) is 13.6. The van der Waals surface area contributed by atoms with E-state index in [9.17, 15) is 25.5 Å². The molecule has 0 aromatic carbocycles. The van der Waals surface area contributed by atoms with Crippen LogP contribution in [0, 0.1) is 0 Å². The number of methoxy groups -OCH3 is 2. The van der Waals surface area contributed by atoms with Gasteiger partial charge in [-0.2, -0.15) is 0 Å². The van der Waals surface area contributed by atoms with Crippen LogP contribution in [0.3, 0.4) is 0 Å². The molecule has 0 radical (unpaired) electrons. The molecule has 0 aromatic rings. The summed E-state index contributed by atoms with van der Waals surface area (Å²) in [4.78, 5) is 0. The largest absolute Gasteiger partial charge is 0.394 e. The van der Waals surface area contributed by atoms with E-state index in [-0.39, 0.29) is 19.8 Å². The van der Waals surface area contributed by atoms with Gasteiger partial charge in [-0.05, 0) is 6.42 Å². The van der Waals surface area contributed by atoms with Gasteiger partial charge in [-0.15, -0.1) is 0 Å². The molecule has 38 heavy (non-hydrogen) atoms. The van der Waals surface area contributed by atoms with Crippen molar-refractivity contribution in [3.8, 4) is 0 Å². The lowest BCUT2D eigenvalue weighted by Crippen LogP contribution is -2.44. The van der Waals surface area contributed by atoms with Gasteiger partial charge in [0.2, 0.25) is 0 Å². The Labute approximate surface area is 223 Å². The quantitative estimate of drug-likeness (QED) is 0.139. The molecule has 3 fully saturated rings. The molecule has 0 spiro atoms. The molecule has 13 heteroatoms. The lowest BCUT2D eigenvalue weighted by Gasteiger charge is -2.26. The van der Waals surface area contributed by atoms with Gasteiger partial charge in [0.25, 0.3) is 0 Å². The van der Waals surface area contributed by atoms with Crippen LogP contribution in [-0.2, 0) is 37.9 Å². The zero-order chi connectivity index (χ0) is 27.7. The molecule has 224 valence electrons. The van der Waals surface area contributed by atoms with E-state index >= 15 is 0 Å². The van der Waals surface area contributed by atoms with Crippen molar-refractivity contribution in [2.24, 2.45) is 0 Å². The van der Waals surface area contributed by atoms with Crippen LogP contribution in [0.15, 0.2) is 0 Å². The monoisotopic (exact) mass is 554 g/mol. The summed E-state index contributed by atoms with van der Waals surface area (Å²) in [6.45, 7) is 1.62. The number of ether oxygens (including phenoxy) is 8. The summed E-state index contributed by atoms with van der Waals surface area (Å²) >= 11 is 0. The molecule has 0 aromatic heterocycles. The fraction of sp³-hybridized carbons (Fsp3) is 1.00. The maximum absolute atomic E-state index is 11.0. The second-order valence-corrected chi connectivity index (χ2v) is 9.94. The van der Waals surface area contributed by atoms with Crippen LogP contribution in [-0.4, -0.2) is 140 Å². The molecule has 3 aliphatic rings. The minimum absolute atomic E-state index is 0.172. The Bertz CT molecular complexity index is 657. The average Bonchev–Trinajstić information content (AvgIpc) is 3.52. The number of hydrogen-bond donors (Lipinski definition) is 5. The molecule has 3 heterocycles. The van der Waals surface area contributed by atoms with Crippen LogP contribution in [0.4, 0.5) is 0 Å². The molecule has 0 bridgehead atoms. The Balaban J connectivity index is 1.60. The van der Waals surface area contributed by atoms with E-state index in [4.69, 9.17) is 37.9 Å². The van der Waals surface area contributed by atoms with Crippen molar-refractivity contribution in [2.45, 2.75) is 119 Å². The van der Waals surface area contributed by atoms with Gasteiger partial charge in [0.05, 0.1) is 19.8 Å². The number of hydrogen-bond acceptors (Lipinski definition) is 13. The molecule has 3 aliphatic heterocycles. The van der Waals surface area contributed by atoms with E-state index in [2.05, 4.69) is 6.92 Å². The number of rotatable bonds is 17. The Morgan fingerprint density at radius 1 is 0.605 bits per heavy atom. The molecule has 12 atom stereocenters. The van der Waals surface area contributed by atoms with Crippen LogP contribution in [0.2, 0.25) is 0 Å². The maximum atomic E-state index is 11.0. The third-order valence-electron chi connectivity index (χ3n) is 7.27. The highest BCUT2D eigenvalue weighted by atomic mass is 16.8. The van der Waals surface area contributed by atoms with Crippen LogP contribution in [0.1, 0.15) is 45.4 Å². The molecular formula is C25H46O13. The molecular weight excluding hydrogens is 508 g/mol. The molecule has 0 saturated carbocycles. The van der Waals surface area contributed by atoms with Gasteiger partial charge in [0.1, 0.15) is 54.9 Å². The molecule has 13 nitrogen and oxygen atoms in total. The fourth-order valence-electron chi connectivity index (χ4n) is 5.11. The van der Waals surface area contributed by atoms with Crippen molar-refractivity contribution in [3.05, 3.63) is 0 Å². The molecule has 3 saturated heterocycles. The zero-order valence-corrected chi connectivity index (χ0v) is 22.5. The summed E-state index contributed by atoms with van der Waals surface area (Å²) in [6.07, 6.45) is -5.55. The first kappa shape index (κ1) is 32.0. The standard InChI is InChI=1S/C25H46O13/c1-4-5-6-7-8-9-10-33-23-19(30)22(38-25-18(29)21(32-3)15(12-27)36-25)16(37-23)13-34-24-17(28)20(31-2)14(11-26)35-24/h14-30H,4-13H2,1-3H3/t14-,15-,16-,17+,18+,19+,20-,21-,22-,23+,24+,25-/m1/s1. The maximum Gasteiger partial charge on any atom is 0.187 e. The predicted octanol–water partition coefficient (Wildman–Crippen LogP) is -0.963. The van der Waals surface area contributed by atoms with Crippen LogP contribution < -0.4 is 0 Å². The van der Waals surface area contributed by atoms with Crippen LogP contribution >= 0.6 is 0 Å². The highest BCUT2D eigenvalue weighted by Gasteiger charge is 2.52. The van der Waals surface area contributed by atoms with Gasteiger partial charge >= 0.3 is 0 Å². The SMILES string of the molecule is CCCCCCCCO[C@H]1O[C@H](CO[C@H]2O[C@H](CO)[C@@H](OC)[C@@H]2O)[C@@H](O[C@H]2O[C@H](CO)[C@@H](OC)[C@@H]2O)[C@@H]1O. The highest BCUT2D eigenvalue weighted by molar-refractivity contribution is 4.94. The van der Waals surface area contributed by atoms with E-state index in [1.54, 1.807) is 0 Å². The van der Waals surface area contributed by atoms with E-state index in [1.165, 1.54) is 33.5 Å². The second-order valence-electron chi connectivity index (χ2n) is 9.94. The van der Waals surface area contributed by atoms with Crippen molar-refractivity contribution in [1.82, 2.24) is 0 Å². The topological polar surface area (TPSA) is 175 Å². The van der Waals surface area contributed by atoms with Gasteiger partial charge in [-0.25, -0.2) is 0 Å². The lowest BCUT2D eigenvalue weighted by atomic mass is 10.1. The minimum Gasteiger partial charge on any atom is -0.394 e. The average molecular weight is 555 g/mol. The van der Waals surface area contributed by atoms with Crippen molar-refractivity contribution in [2.75, 3.05) is 40.6 Å². The van der Waals surface area contributed by atoms with Gasteiger partial charge in [0, 0.05) is 20.8 Å². The minimum atomic E-state index is -1.24. The first-order chi connectivity index (χ1) is 18.4. The Morgan fingerprint density at radius 2 is 1.11 bits per heavy atom. The Hall–Kier alpha value is -0.520. The van der Waals surface area contributed by atoms with E-state index < -0.39 is 73.8 Å². The Kier molecular flexibility index (Phi) is 13.5. The molecule has 0 amide bonds. The van der Waals surface area contributed by atoms with Gasteiger partial charge < -0.3 is 63.4 Å². The van der Waals surface area contributed by atoms with Crippen molar-refractivity contribution in [3.63, 3.8) is 0 Å². The van der Waals surface area contributed by atoms with Crippen molar-refractivity contribution in [1.29, 1.82) is 0 Å². The number of aliphatic hydroxyl groups excluding tert-OH is 5. The summed E-state index contributed by atoms with van der Waals surface area (Å²) in [7, 11) is 2.78. The summed E-state index contributed by atoms with van der Waals surface area (Å²) < 4.78 is 45.0. The van der Waals surface area contributed by atoms with Gasteiger partial charge in [0.15, 0.2) is 18.9 Å². The number of unbranched alkanes of at least 4 members (excludes halogenated alkanes) is 5. The molecule has 0 aliphatic carbocycles. The van der Waals surface area contributed by atoms with Crippen LogP contribution in [0.5, 0.6) is 0 Å². The third-order valence-corrected chi connectivity index (χ3v) is 7.27. The Morgan fingerprint density at radius 3 is 1.68 bits per heavy atom. The molecule has 5 N–H and O–H groups in total. The predicted molar refractivity (Wildman–Crippen MR) is 130 cm³/mol. The zero-order valence-electron chi connectivity index (χ0n) is 22.5. The van der Waals surface area contributed by atoms with E-state index in [0.717, 1.165) is 19.3 Å². The first-order valence-corrected chi connectivity index (χ1v) is 13.6. The number of aliphatic hydroxyl groups is 5. The lowest BCUT2D eigenvalue weighted by molar-refractivity contribution is -0.227. The third kappa shape index (κ3) is 7.81. The molecule has 3 rings (SSSR count). The van der Waals surface area contributed by atoms with Crippen molar-refractivity contribution < 1.29 is 63.4 Å². The molecule has 0 unspecified atom stereocenters. The van der Waals surface area contributed by atoms with E-state index in [1.807, 2.05) is 0 Å². The van der Waals surface area contributed by atoms with E-state index in [0.29, 0.717) is 6.61 Å². The van der Waals surface area contributed by atoms with Gasteiger partial charge in [-0.1, -0.05) is 39.0 Å². The summed E-state index contributed by atoms with van der Waals surface area (Å²) in [5, 5.41) is 51.1. The highest BCUT2D eigenvalue weighted by Crippen LogP contribution is 2.33. The smallest absolute Gasteiger partial charge is 0.187 e. The fourth-order valence-corrected chi connectivity index (χ4v) is 5.11. The van der Waals surface area contributed by atoms with Crippen LogP contribution in [0.25, 0.3) is 0 Å². The normalized spacial score (nSPS) is 41.4. The van der Waals surface area contributed by atoms with Crippen molar-refractivity contribution >= 4 is 0 Å². The van der Waals surface area contributed by atoms with Gasteiger partial charge in [-0.3, -0.25) is 0 Å². The summed E-state index contributed by atoms with van der Waals surface area (Å²) in [6, 6.07) is 0. The summed E-state index contributed by atoms with van der Waals surface area (Å²) in [5.74, 6) is 0. The second kappa shape index (κ2) is 16.1. The summed E-state index contributed by atoms with van der Waals surface area (Å²) in [5.41, 5.74) is 0.